The Bertz CT molecular complexity index is 1010. The summed E-state index contributed by atoms with van der Waals surface area (Å²) < 4.78 is 42.4. The molecule has 0 saturated heterocycles. The first-order valence-electron chi connectivity index (χ1n) is 17.6. The van der Waals surface area contributed by atoms with E-state index in [1.54, 1.807) is 35.5 Å². The first kappa shape index (κ1) is 58.4. The second-order valence-electron chi connectivity index (χ2n) is 13.5. The minimum absolute atomic E-state index is 0.647. The Balaban J connectivity index is -0.000000285. The highest BCUT2D eigenvalue weighted by Crippen LogP contribution is 2.09. The van der Waals surface area contributed by atoms with Crippen molar-refractivity contribution in [1.82, 2.24) is 0 Å². The molecule has 0 atom stereocenters. The first-order chi connectivity index (χ1) is 24.0. The van der Waals surface area contributed by atoms with E-state index < -0.39 is 50.4 Å². The highest BCUT2D eigenvalue weighted by molar-refractivity contribution is 7.21. The van der Waals surface area contributed by atoms with Crippen LogP contribution in [0.4, 0.5) is 0 Å². The number of hydrogen-bond donors (Lipinski definition) is 0. The maximum Gasteiger partial charge on any atom is 0.406 e. The van der Waals surface area contributed by atoms with Crippen LogP contribution in [0, 0.1) is 0 Å². The van der Waals surface area contributed by atoms with Gasteiger partial charge in [-0.15, -0.1) is 18.2 Å². The molecule has 306 valence electrons. The SMILES string of the molecule is C=C[Si](C)(C)OCC.CCO[Si](C)(C)OCC.CO[SiH](C)OC.CO[Si](C)(C)C.CO[Si](OC)(c1ccccc1)c1ccccc1.C[Si](C)(Cl)CCl. The third-order valence-electron chi connectivity index (χ3n) is 6.47. The molecule has 0 radical (unpaired) electrons. The van der Waals surface area contributed by atoms with Gasteiger partial charge in [0.15, 0.2) is 15.7 Å². The maximum absolute atomic E-state index is 5.78. The van der Waals surface area contributed by atoms with E-state index in [9.17, 15) is 0 Å². The van der Waals surface area contributed by atoms with Crippen LogP contribution in [-0.2, 0) is 35.4 Å². The lowest BCUT2D eigenvalue weighted by Gasteiger charge is -2.27. The minimum Gasteiger partial charge on any atom is -0.421 e. The van der Waals surface area contributed by atoms with Gasteiger partial charge >= 0.3 is 26.4 Å². The zero-order valence-corrected chi connectivity index (χ0v) is 43.7. The molecule has 0 bridgehead atoms. The van der Waals surface area contributed by atoms with Crippen molar-refractivity contribution in [3.8, 4) is 0 Å². The fourth-order valence-corrected chi connectivity index (χ4v) is 8.53. The Labute approximate surface area is 337 Å². The van der Waals surface area contributed by atoms with Gasteiger partial charge in [0, 0.05) is 60.9 Å². The summed E-state index contributed by atoms with van der Waals surface area (Å²) in [5.74, 6) is 0. The largest absolute Gasteiger partial charge is 0.421 e. The molecule has 0 amide bonds. The van der Waals surface area contributed by atoms with Gasteiger partial charge in [-0.1, -0.05) is 79.5 Å². The summed E-state index contributed by atoms with van der Waals surface area (Å²) in [7, 11) is -0.757. The van der Waals surface area contributed by atoms with E-state index in [0.717, 1.165) is 30.2 Å². The number of halogens is 2. The van der Waals surface area contributed by atoms with Crippen LogP contribution in [0.15, 0.2) is 72.9 Å². The lowest BCUT2D eigenvalue weighted by Crippen LogP contribution is -2.62. The molecule has 8 nitrogen and oxygen atoms in total. The van der Waals surface area contributed by atoms with E-state index in [2.05, 4.69) is 76.7 Å². The summed E-state index contributed by atoms with van der Waals surface area (Å²) in [6, 6.07) is 20.3. The molecule has 0 N–H and O–H groups in total. The molecule has 0 aliphatic carbocycles. The van der Waals surface area contributed by atoms with Crippen LogP contribution < -0.4 is 10.4 Å². The molecule has 0 saturated carbocycles. The smallest absolute Gasteiger partial charge is 0.406 e. The standard InChI is InChI=1S/C14H16O2Si.C6H16O2Si.C6H14OSi.C4H12OSi.C3H8Cl2Si.C3H10O2Si/c1-15-17(16-2,13-9-5-3-6-10-13)14-11-7-4-8-12-14;1-5-7-9(3,4)8-6-2;1-5-7-8(3,4)6-2;1-5-6(2,3)4;1-6(2,5)3-4;1-4-6(3)5-2/h3-12H,1-2H3;5-6H2,1-4H3;6H,2,5H2,1,3-4H3;1-4H3;3H2,1-2H3;6H,1-3H3. The third-order valence-corrected chi connectivity index (χ3v) is 19.8. The van der Waals surface area contributed by atoms with Crippen molar-refractivity contribution in [1.29, 1.82) is 0 Å². The van der Waals surface area contributed by atoms with Gasteiger partial charge < -0.3 is 35.4 Å². The molecule has 0 fully saturated rings. The summed E-state index contributed by atoms with van der Waals surface area (Å²) in [6.07, 6.45) is 0. The van der Waals surface area contributed by atoms with Crippen molar-refractivity contribution in [2.45, 2.75) is 86.2 Å². The molecule has 0 aliphatic rings. The summed E-state index contributed by atoms with van der Waals surface area (Å²) in [5, 5.41) is 2.24. The van der Waals surface area contributed by atoms with Crippen molar-refractivity contribution in [2.24, 2.45) is 0 Å². The van der Waals surface area contributed by atoms with Gasteiger partial charge in [0.05, 0.1) is 0 Å². The van der Waals surface area contributed by atoms with Crippen LogP contribution in [0.3, 0.4) is 0 Å². The summed E-state index contributed by atoms with van der Waals surface area (Å²) in [4.78, 5) is 0. The quantitative estimate of drug-likeness (QED) is 0.0998. The molecule has 0 unspecified atom stereocenters. The Kier molecular flexibility index (Phi) is 37.0. The van der Waals surface area contributed by atoms with E-state index in [0.29, 0.717) is 5.50 Å². The van der Waals surface area contributed by atoms with Gasteiger partial charge in [0.1, 0.15) is 0 Å². The lowest BCUT2D eigenvalue weighted by atomic mass is 10.4. The number of hydrogen-bond acceptors (Lipinski definition) is 8. The highest BCUT2D eigenvalue weighted by Gasteiger charge is 2.40. The fraction of sp³-hybridized carbons (Fsp3) is 0.611. The molecule has 0 aromatic heterocycles. The molecule has 2 aromatic rings. The fourth-order valence-electron chi connectivity index (χ4n) is 3.30. The summed E-state index contributed by atoms with van der Waals surface area (Å²) in [5.41, 5.74) is 2.59. The number of alkyl halides is 1. The average Bonchev–Trinajstić information content (AvgIpc) is 3.10. The molecule has 2 aromatic carbocycles. The zero-order valence-electron chi connectivity index (χ0n) is 36.0. The van der Waals surface area contributed by atoms with Crippen molar-refractivity contribution in [3.05, 3.63) is 72.9 Å². The van der Waals surface area contributed by atoms with Crippen molar-refractivity contribution < 1.29 is 35.4 Å². The van der Waals surface area contributed by atoms with Crippen LogP contribution in [0.25, 0.3) is 0 Å². The Morgan fingerprint density at radius 1 is 0.615 bits per heavy atom. The molecule has 0 aliphatic heterocycles. The molecule has 2 rings (SSSR count). The lowest BCUT2D eigenvalue weighted by molar-refractivity contribution is 0.196. The van der Waals surface area contributed by atoms with Crippen LogP contribution in [0.1, 0.15) is 20.8 Å². The second-order valence-corrected chi connectivity index (χ2v) is 38.2. The number of rotatable bonds is 15. The van der Waals surface area contributed by atoms with Crippen LogP contribution in [-0.4, -0.2) is 111 Å². The third kappa shape index (κ3) is 34.2. The highest BCUT2D eigenvalue weighted by atomic mass is 35.6. The van der Waals surface area contributed by atoms with Gasteiger partial charge in [-0.2, -0.15) is 11.1 Å². The number of benzene rings is 2. The predicted octanol–water partition coefficient (Wildman–Crippen LogP) is 9.06. The van der Waals surface area contributed by atoms with Crippen LogP contribution in [0.5, 0.6) is 0 Å². The van der Waals surface area contributed by atoms with Gasteiger partial charge in [-0.05, 0) is 83.5 Å². The van der Waals surface area contributed by atoms with Gasteiger partial charge in [-0.3, -0.25) is 0 Å². The van der Waals surface area contributed by atoms with E-state index >= 15 is 0 Å². The average molecular weight is 876 g/mol. The second kappa shape index (κ2) is 32.9. The van der Waals surface area contributed by atoms with Crippen LogP contribution >= 0.6 is 22.7 Å². The van der Waals surface area contributed by atoms with Crippen LogP contribution in [0.2, 0.25) is 65.5 Å². The van der Waals surface area contributed by atoms with E-state index in [1.165, 1.54) is 0 Å². The van der Waals surface area contributed by atoms with Gasteiger partial charge in [0.25, 0.3) is 0 Å². The van der Waals surface area contributed by atoms with Crippen molar-refractivity contribution >= 4 is 83.5 Å². The van der Waals surface area contributed by atoms with E-state index in [4.69, 9.17) is 58.1 Å². The molecular formula is C36H76Cl2O8Si6. The molecular weight excluding hydrogens is 800 g/mol. The maximum atomic E-state index is 5.78. The summed E-state index contributed by atoms with van der Waals surface area (Å²) in [6.45, 7) is 32.9. The van der Waals surface area contributed by atoms with E-state index in [1.807, 2.05) is 82.5 Å². The molecule has 16 heteroatoms. The predicted molar refractivity (Wildman–Crippen MR) is 243 cm³/mol. The molecule has 0 heterocycles. The van der Waals surface area contributed by atoms with E-state index in [-0.39, 0.29) is 0 Å². The topological polar surface area (TPSA) is 73.8 Å². The van der Waals surface area contributed by atoms with Gasteiger partial charge in [0.2, 0.25) is 8.32 Å². The normalized spacial score (nSPS) is 11.5. The Morgan fingerprint density at radius 2 is 0.923 bits per heavy atom. The Morgan fingerprint density at radius 3 is 1.08 bits per heavy atom. The van der Waals surface area contributed by atoms with Crippen molar-refractivity contribution in [2.75, 3.05) is 60.9 Å². The zero-order chi connectivity index (χ0) is 41.5. The first-order valence-corrected chi connectivity index (χ1v) is 35.5. The molecule has 0 spiro atoms. The van der Waals surface area contributed by atoms with Crippen molar-refractivity contribution in [3.63, 3.8) is 0 Å². The summed E-state index contributed by atoms with van der Waals surface area (Å²) >= 11 is 11.1. The molecule has 52 heavy (non-hydrogen) atoms. The van der Waals surface area contributed by atoms with Gasteiger partial charge in [-0.25, -0.2) is 0 Å². The monoisotopic (exact) mass is 874 g/mol. The minimum atomic E-state index is -2.50. The Hall–Kier alpha value is -0.259.